The Labute approximate surface area is 182 Å². The van der Waals surface area contributed by atoms with Gasteiger partial charge in [-0.05, 0) is 49.2 Å². The lowest BCUT2D eigenvalue weighted by Crippen LogP contribution is -2.40. The van der Waals surface area contributed by atoms with E-state index in [0.717, 1.165) is 0 Å². The number of rotatable bonds is 4. The summed E-state index contributed by atoms with van der Waals surface area (Å²) in [5.74, 6) is 0.480. The van der Waals surface area contributed by atoms with Gasteiger partial charge < -0.3 is 19.4 Å². The Morgan fingerprint density at radius 2 is 1.72 bits per heavy atom. The second-order valence-corrected chi connectivity index (χ2v) is 7.94. The number of benzene rings is 2. The molecule has 0 spiro atoms. The second kappa shape index (κ2) is 8.22. The van der Waals surface area contributed by atoms with E-state index in [0.29, 0.717) is 72.8 Å². The van der Waals surface area contributed by atoms with Crippen molar-refractivity contribution in [2.75, 3.05) is 26.3 Å². The maximum Gasteiger partial charge on any atom is 0.295 e. The van der Waals surface area contributed by atoms with Gasteiger partial charge in [-0.2, -0.15) is 0 Å². The van der Waals surface area contributed by atoms with Gasteiger partial charge in [0.2, 0.25) is 0 Å². The minimum Gasteiger partial charge on any atom is -0.486 e. The van der Waals surface area contributed by atoms with E-state index in [9.17, 15) is 18.4 Å². The molecular formula is C23H21F2N3O4. The zero-order valence-corrected chi connectivity index (χ0v) is 17.1. The first-order valence-corrected chi connectivity index (χ1v) is 10.5. The van der Waals surface area contributed by atoms with Gasteiger partial charge in [-0.1, -0.05) is 0 Å². The number of H-pyrrole nitrogens is 1. The Hall–Kier alpha value is -3.49. The quantitative estimate of drug-likeness (QED) is 0.619. The molecule has 1 aromatic heterocycles. The lowest BCUT2D eigenvalue weighted by Gasteiger charge is -2.31. The summed E-state index contributed by atoms with van der Waals surface area (Å²) in [7, 11) is 0. The van der Waals surface area contributed by atoms with Gasteiger partial charge in [0.1, 0.15) is 13.2 Å². The van der Waals surface area contributed by atoms with E-state index in [4.69, 9.17) is 9.47 Å². The van der Waals surface area contributed by atoms with Crippen LogP contribution in [-0.2, 0) is 0 Å². The number of ketones is 1. The monoisotopic (exact) mass is 441 g/mol. The molecule has 1 N–H and O–H groups in total. The fourth-order valence-corrected chi connectivity index (χ4v) is 4.23. The SMILES string of the molecule is O=C(c1ccc2c(c1)OCCO2)C1CCN(C(=O)c2ccc3nc(C(F)F)[nH]c3c2)CC1. The minimum absolute atomic E-state index is 0.0347. The first kappa shape index (κ1) is 20.4. The summed E-state index contributed by atoms with van der Waals surface area (Å²) >= 11 is 0. The zero-order valence-electron chi connectivity index (χ0n) is 17.1. The fourth-order valence-electron chi connectivity index (χ4n) is 4.23. The summed E-state index contributed by atoms with van der Waals surface area (Å²) in [5, 5.41) is 0. The first-order valence-electron chi connectivity index (χ1n) is 10.5. The summed E-state index contributed by atoms with van der Waals surface area (Å²) in [4.78, 5) is 34.0. The average molecular weight is 441 g/mol. The summed E-state index contributed by atoms with van der Waals surface area (Å²) in [6, 6.07) is 9.92. The highest BCUT2D eigenvalue weighted by atomic mass is 19.3. The van der Waals surface area contributed by atoms with Gasteiger partial charge >= 0.3 is 0 Å². The number of Topliss-reactive ketones (excluding diaryl/α,β-unsaturated/α-hetero) is 1. The summed E-state index contributed by atoms with van der Waals surface area (Å²) in [5.41, 5.74) is 1.77. The highest BCUT2D eigenvalue weighted by Gasteiger charge is 2.29. The van der Waals surface area contributed by atoms with E-state index in [1.165, 1.54) is 0 Å². The largest absolute Gasteiger partial charge is 0.486 e. The van der Waals surface area contributed by atoms with E-state index in [2.05, 4.69) is 9.97 Å². The molecule has 0 radical (unpaired) electrons. The molecule has 0 unspecified atom stereocenters. The van der Waals surface area contributed by atoms with Crippen LogP contribution in [0.5, 0.6) is 11.5 Å². The van der Waals surface area contributed by atoms with Crippen molar-refractivity contribution in [1.29, 1.82) is 0 Å². The van der Waals surface area contributed by atoms with Crippen molar-refractivity contribution in [2.45, 2.75) is 19.3 Å². The van der Waals surface area contributed by atoms with Gasteiger partial charge in [-0.25, -0.2) is 13.8 Å². The maximum absolute atomic E-state index is 13.0. The number of amides is 1. The molecule has 1 fully saturated rings. The lowest BCUT2D eigenvalue weighted by atomic mass is 9.88. The number of nitrogens with one attached hydrogen (secondary N) is 1. The van der Waals surface area contributed by atoms with Crippen LogP contribution in [0, 0.1) is 5.92 Å². The van der Waals surface area contributed by atoms with Crippen LogP contribution in [0.2, 0.25) is 0 Å². The normalized spacial score (nSPS) is 16.5. The predicted octanol–water partition coefficient (Wildman–Crippen LogP) is 4.01. The number of nitrogens with zero attached hydrogens (tertiary/aromatic N) is 2. The van der Waals surface area contributed by atoms with Gasteiger partial charge in [0, 0.05) is 30.1 Å². The molecule has 1 saturated heterocycles. The molecule has 0 aliphatic carbocycles. The van der Waals surface area contributed by atoms with Crippen molar-refractivity contribution < 1.29 is 27.8 Å². The molecule has 32 heavy (non-hydrogen) atoms. The molecule has 2 aromatic carbocycles. The van der Waals surface area contributed by atoms with Crippen LogP contribution in [-0.4, -0.2) is 52.9 Å². The smallest absolute Gasteiger partial charge is 0.295 e. The van der Waals surface area contributed by atoms with E-state index in [-0.39, 0.29) is 17.6 Å². The van der Waals surface area contributed by atoms with E-state index >= 15 is 0 Å². The molecule has 5 rings (SSSR count). The van der Waals surface area contributed by atoms with Gasteiger partial charge in [0.15, 0.2) is 23.1 Å². The summed E-state index contributed by atoms with van der Waals surface area (Å²) < 4.78 is 36.8. The molecule has 7 nitrogen and oxygen atoms in total. The lowest BCUT2D eigenvalue weighted by molar-refractivity contribution is 0.0650. The number of hydrogen-bond donors (Lipinski definition) is 1. The molecule has 2 aliphatic heterocycles. The zero-order chi connectivity index (χ0) is 22.2. The van der Waals surface area contributed by atoms with Crippen LogP contribution in [0.3, 0.4) is 0 Å². The van der Waals surface area contributed by atoms with Crippen LogP contribution in [0.4, 0.5) is 8.78 Å². The number of imidazole rings is 1. The number of fused-ring (bicyclic) bond motifs is 2. The number of hydrogen-bond acceptors (Lipinski definition) is 5. The van der Waals surface area contributed by atoms with Crippen molar-refractivity contribution in [3.63, 3.8) is 0 Å². The second-order valence-electron chi connectivity index (χ2n) is 7.94. The van der Waals surface area contributed by atoms with Crippen molar-refractivity contribution in [2.24, 2.45) is 5.92 Å². The molecule has 3 aromatic rings. The van der Waals surface area contributed by atoms with Crippen LogP contribution >= 0.6 is 0 Å². The standard InChI is InChI=1S/C23H21F2N3O4/c24-21(25)22-26-16-3-1-15(11-17(16)27-22)23(30)28-7-5-13(6-8-28)20(29)14-2-4-18-19(12-14)32-10-9-31-18/h1-4,11-13,21H,5-10H2,(H,26,27). The number of aromatic amines is 1. The van der Waals surface area contributed by atoms with Crippen molar-refractivity contribution >= 4 is 22.7 Å². The number of halogens is 2. The number of piperidine rings is 1. The predicted molar refractivity (Wildman–Crippen MR) is 111 cm³/mol. The Morgan fingerprint density at radius 1 is 1.00 bits per heavy atom. The molecule has 9 heteroatoms. The molecule has 0 bridgehead atoms. The van der Waals surface area contributed by atoms with Gasteiger partial charge in [-0.3, -0.25) is 9.59 Å². The average Bonchev–Trinajstić information content (AvgIpc) is 3.27. The van der Waals surface area contributed by atoms with E-state index in [1.54, 1.807) is 41.3 Å². The Morgan fingerprint density at radius 3 is 2.47 bits per heavy atom. The summed E-state index contributed by atoms with van der Waals surface area (Å²) in [6.07, 6.45) is -1.59. The third-order valence-electron chi connectivity index (χ3n) is 5.93. The third-order valence-corrected chi connectivity index (χ3v) is 5.93. The Bertz CT molecular complexity index is 1190. The van der Waals surface area contributed by atoms with Gasteiger partial charge in [0.05, 0.1) is 11.0 Å². The maximum atomic E-state index is 13.0. The van der Waals surface area contributed by atoms with E-state index in [1.807, 2.05) is 0 Å². The number of ether oxygens (including phenoxy) is 2. The number of aromatic nitrogens is 2. The van der Waals surface area contributed by atoms with Gasteiger partial charge in [0.25, 0.3) is 12.3 Å². The van der Waals surface area contributed by atoms with Gasteiger partial charge in [-0.15, -0.1) is 0 Å². The third kappa shape index (κ3) is 3.79. The highest BCUT2D eigenvalue weighted by molar-refractivity contribution is 5.99. The molecule has 166 valence electrons. The van der Waals surface area contributed by atoms with Crippen molar-refractivity contribution in [3.8, 4) is 11.5 Å². The van der Waals surface area contributed by atoms with Crippen LogP contribution in [0.25, 0.3) is 11.0 Å². The molecule has 2 aliphatic rings. The van der Waals surface area contributed by atoms with Crippen LogP contribution in [0.15, 0.2) is 36.4 Å². The van der Waals surface area contributed by atoms with Crippen LogP contribution in [0.1, 0.15) is 45.8 Å². The fraction of sp³-hybridized carbons (Fsp3) is 0.348. The van der Waals surface area contributed by atoms with Crippen molar-refractivity contribution in [3.05, 3.63) is 53.3 Å². The summed E-state index contributed by atoms with van der Waals surface area (Å²) in [6.45, 7) is 1.85. The minimum atomic E-state index is -2.70. The van der Waals surface area contributed by atoms with Crippen LogP contribution < -0.4 is 9.47 Å². The number of likely N-dealkylation sites (tertiary alicyclic amines) is 1. The molecular weight excluding hydrogens is 420 g/mol. The topological polar surface area (TPSA) is 84.5 Å². The molecule has 0 atom stereocenters. The Kier molecular flexibility index (Phi) is 5.24. The number of carbonyl (C=O) groups is 2. The molecule has 3 heterocycles. The number of alkyl halides is 2. The highest BCUT2D eigenvalue weighted by Crippen LogP contribution is 2.33. The first-order chi connectivity index (χ1) is 15.5. The molecule has 1 amide bonds. The number of carbonyl (C=O) groups excluding carboxylic acids is 2. The van der Waals surface area contributed by atoms with Crippen molar-refractivity contribution in [1.82, 2.24) is 14.9 Å². The molecule has 0 saturated carbocycles. The van der Waals surface area contributed by atoms with E-state index < -0.39 is 12.2 Å². The Balaban J connectivity index is 1.24.